The van der Waals surface area contributed by atoms with Gasteiger partial charge in [-0.3, -0.25) is 0 Å². The number of carbonyl (C=O) groups is 2. The van der Waals surface area contributed by atoms with Crippen LogP contribution in [0.25, 0.3) is 0 Å². The highest BCUT2D eigenvalue weighted by Crippen LogP contribution is 2.27. The van der Waals surface area contributed by atoms with E-state index in [0.29, 0.717) is 0 Å². The van der Waals surface area contributed by atoms with Crippen molar-refractivity contribution in [2.24, 2.45) is 0 Å². The molecule has 0 unspecified atom stereocenters. The molecule has 26 heavy (non-hydrogen) atoms. The summed E-state index contributed by atoms with van der Waals surface area (Å²) >= 11 is 0. The zero-order valence-electron chi connectivity index (χ0n) is 19.8. The standard InChI is InChI=1S/C10H12O4.C8H8O4/c1-12-8-5-4-7(10(11)14-3)6-9(8)13-2;1-12-8(11)5-2-3-6(9)7(10)4-5/h4-6H,1-3H3;2-4,9-10H,1H3/i1D3,2D3;. The Kier molecular flexibility index (Phi) is 4.84. The number of ether oxygens (including phenoxy) is 4. The van der Waals surface area contributed by atoms with E-state index in [9.17, 15) is 9.59 Å². The van der Waals surface area contributed by atoms with Crippen LogP contribution >= 0.6 is 0 Å². The number of esters is 2. The number of methoxy groups -OCH3 is 4. The fourth-order valence-corrected chi connectivity index (χ4v) is 1.69. The van der Waals surface area contributed by atoms with Crippen LogP contribution in [0, 0.1) is 0 Å². The second-order valence-corrected chi connectivity index (χ2v) is 4.55. The smallest absolute Gasteiger partial charge is 0.337 e. The van der Waals surface area contributed by atoms with Crippen LogP contribution in [0.15, 0.2) is 36.4 Å². The number of hydrogen-bond donors (Lipinski definition) is 2. The largest absolute Gasteiger partial charge is 0.504 e. The van der Waals surface area contributed by atoms with Crippen molar-refractivity contribution in [2.75, 3.05) is 28.3 Å². The van der Waals surface area contributed by atoms with E-state index in [2.05, 4.69) is 18.9 Å². The van der Waals surface area contributed by atoms with Crippen molar-refractivity contribution in [1.29, 1.82) is 0 Å². The number of phenolic OH excluding ortho intramolecular Hbond substituents is 2. The third kappa shape index (κ3) is 5.30. The molecule has 0 saturated carbocycles. The van der Waals surface area contributed by atoms with Crippen molar-refractivity contribution in [2.45, 2.75) is 0 Å². The molecule has 0 aliphatic rings. The first-order chi connectivity index (χ1) is 14.7. The Labute approximate surface area is 158 Å². The lowest BCUT2D eigenvalue weighted by Gasteiger charge is -2.08. The molecular formula is C18H20O8. The van der Waals surface area contributed by atoms with Crippen LogP contribution in [0.5, 0.6) is 23.0 Å². The zero-order valence-corrected chi connectivity index (χ0v) is 13.8. The quantitative estimate of drug-likeness (QED) is 0.623. The van der Waals surface area contributed by atoms with E-state index in [1.807, 2.05) is 0 Å². The molecular weight excluding hydrogens is 344 g/mol. The molecule has 0 radical (unpaired) electrons. The summed E-state index contributed by atoms with van der Waals surface area (Å²) in [5.41, 5.74) is 0.206. The minimum atomic E-state index is -2.82. The van der Waals surface area contributed by atoms with Crippen molar-refractivity contribution >= 4 is 11.9 Å². The SMILES string of the molecule is COC(=O)c1ccc(O)c(O)c1.[2H]C([2H])([2H])Oc1ccc(C(=O)OC)cc1OC([2H])([2H])[2H]. The van der Waals surface area contributed by atoms with Gasteiger partial charge in [-0.05, 0) is 36.4 Å². The van der Waals surface area contributed by atoms with Crippen LogP contribution in [0.1, 0.15) is 28.9 Å². The topological polar surface area (TPSA) is 112 Å². The summed E-state index contributed by atoms with van der Waals surface area (Å²) in [5.74, 6) is -2.57. The first-order valence-corrected chi connectivity index (χ1v) is 6.87. The highest BCUT2D eigenvalue weighted by Gasteiger charge is 2.10. The predicted molar refractivity (Wildman–Crippen MR) is 92.0 cm³/mol. The minimum Gasteiger partial charge on any atom is -0.504 e. The molecule has 0 spiro atoms. The van der Waals surface area contributed by atoms with Gasteiger partial charge in [0.1, 0.15) is 0 Å². The van der Waals surface area contributed by atoms with Gasteiger partial charge in [-0.1, -0.05) is 0 Å². The molecule has 0 heterocycles. The van der Waals surface area contributed by atoms with Gasteiger partial charge in [-0.15, -0.1) is 0 Å². The summed E-state index contributed by atoms with van der Waals surface area (Å²) in [4.78, 5) is 22.2. The first-order valence-electron chi connectivity index (χ1n) is 9.87. The van der Waals surface area contributed by atoms with Crippen molar-refractivity contribution in [3.05, 3.63) is 47.5 Å². The normalized spacial score (nSPS) is 13.8. The number of benzene rings is 2. The van der Waals surface area contributed by atoms with Gasteiger partial charge in [0, 0.05) is 0 Å². The van der Waals surface area contributed by atoms with E-state index < -0.39 is 26.0 Å². The third-order valence-electron chi connectivity index (χ3n) is 2.98. The van der Waals surface area contributed by atoms with Crippen LogP contribution in [-0.4, -0.2) is 50.4 Å². The monoisotopic (exact) mass is 370 g/mol. The molecule has 2 aromatic carbocycles. The molecule has 0 atom stereocenters. The van der Waals surface area contributed by atoms with E-state index >= 15 is 0 Å². The third-order valence-corrected chi connectivity index (χ3v) is 2.98. The van der Waals surface area contributed by atoms with Gasteiger partial charge >= 0.3 is 11.9 Å². The molecule has 2 rings (SSSR count). The summed E-state index contributed by atoms with van der Waals surface area (Å²) in [6, 6.07) is 7.13. The summed E-state index contributed by atoms with van der Waals surface area (Å²) in [7, 11) is -3.20. The maximum Gasteiger partial charge on any atom is 0.337 e. The molecule has 0 aliphatic carbocycles. The lowest BCUT2D eigenvalue weighted by molar-refractivity contribution is 0.0591. The molecule has 2 N–H and O–H groups in total. The number of hydrogen-bond acceptors (Lipinski definition) is 8. The van der Waals surface area contributed by atoms with E-state index in [4.69, 9.17) is 18.4 Å². The van der Waals surface area contributed by atoms with Gasteiger partial charge in [-0.25, -0.2) is 9.59 Å². The van der Waals surface area contributed by atoms with Crippen LogP contribution in [-0.2, 0) is 9.47 Å². The van der Waals surface area contributed by atoms with Gasteiger partial charge in [0.25, 0.3) is 0 Å². The van der Waals surface area contributed by atoms with Crippen molar-refractivity contribution in [1.82, 2.24) is 0 Å². The van der Waals surface area contributed by atoms with Gasteiger partial charge in [0.15, 0.2) is 23.0 Å². The van der Waals surface area contributed by atoms with Crippen LogP contribution in [0.3, 0.4) is 0 Å². The fourth-order valence-electron chi connectivity index (χ4n) is 1.69. The summed E-state index contributed by atoms with van der Waals surface area (Å²) in [6.45, 7) is 0. The summed E-state index contributed by atoms with van der Waals surface area (Å²) < 4.78 is 60.2. The Morgan fingerprint density at radius 3 is 1.88 bits per heavy atom. The van der Waals surface area contributed by atoms with Crippen LogP contribution in [0.2, 0.25) is 0 Å². The second-order valence-electron chi connectivity index (χ2n) is 4.55. The summed E-state index contributed by atoms with van der Waals surface area (Å²) in [6.07, 6.45) is 0. The zero-order chi connectivity index (χ0) is 24.7. The molecule has 0 aliphatic heterocycles. The highest BCUT2D eigenvalue weighted by molar-refractivity contribution is 5.90. The van der Waals surface area contributed by atoms with Crippen LogP contribution < -0.4 is 9.47 Å². The van der Waals surface area contributed by atoms with Gasteiger partial charge in [-0.2, -0.15) is 0 Å². The molecule has 140 valence electrons. The Morgan fingerprint density at radius 1 is 0.808 bits per heavy atom. The Balaban J connectivity index is 0.000000363. The molecule has 8 heteroatoms. The number of aromatic hydroxyl groups is 2. The number of carbonyl (C=O) groups excluding carboxylic acids is 2. The molecule has 0 amide bonds. The maximum atomic E-state index is 11.4. The van der Waals surface area contributed by atoms with Crippen molar-refractivity contribution in [3.63, 3.8) is 0 Å². The van der Waals surface area contributed by atoms with Gasteiger partial charge in [0.2, 0.25) is 0 Å². The van der Waals surface area contributed by atoms with Crippen molar-refractivity contribution < 1.29 is 47.0 Å². The Morgan fingerprint density at radius 2 is 1.35 bits per heavy atom. The van der Waals surface area contributed by atoms with Gasteiger partial charge < -0.3 is 29.2 Å². The lowest BCUT2D eigenvalue weighted by Crippen LogP contribution is -2.02. The summed E-state index contributed by atoms with van der Waals surface area (Å²) in [5, 5.41) is 17.9. The van der Waals surface area contributed by atoms with E-state index in [-0.39, 0.29) is 34.1 Å². The average molecular weight is 370 g/mol. The predicted octanol–water partition coefficient (Wildman–Crippen LogP) is 2.37. The Hall–Kier alpha value is -3.42. The molecule has 8 nitrogen and oxygen atoms in total. The van der Waals surface area contributed by atoms with E-state index in [1.165, 1.54) is 25.3 Å². The van der Waals surface area contributed by atoms with E-state index in [0.717, 1.165) is 25.3 Å². The minimum absolute atomic E-state index is 0.00430. The number of rotatable bonds is 4. The fraction of sp³-hybridized carbons (Fsp3) is 0.222. The van der Waals surface area contributed by atoms with Crippen molar-refractivity contribution in [3.8, 4) is 23.0 Å². The van der Waals surface area contributed by atoms with Gasteiger partial charge in [0.05, 0.1) is 47.6 Å². The lowest BCUT2D eigenvalue weighted by atomic mass is 10.2. The number of phenols is 2. The van der Waals surface area contributed by atoms with Crippen LogP contribution in [0.4, 0.5) is 0 Å². The molecule has 0 fully saturated rings. The Bertz CT molecular complexity index is 955. The maximum absolute atomic E-state index is 11.4. The first kappa shape index (κ1) is 12.9. The van der Waals surface area contributed by atoms with E-state index in [1.54, 1.807) is 0 Å². The molecule has 0 aromatic heterocycles. The molecule has 0 bridgehead atoms. The molecule has 0 saturated heterocycles. The average Bonchev–Trinajstić information content (AvgIpc) is 2.68. The highest BCUT2D eigenvalue weighted by atomic mass is 16.5. The second kappa shape index (κ2) is 9.77. The molecule has 2 aromatic rings.